The SMILES string of the molecule is CC(C)c1[nH]c(=O)cc(C(=O)O)c1Cl. The maximum Gasteiger partial charge on any atom is 0.337 e. The summed E-state index contributed by atoms with van der Waals surface area (Å²) >= 11 is 5.82. The number of carbonyl (C=O) groups is 1. The van der Waals surface area contributed by atoms with Crippen LogP contribution in [0.5, 0.6) is 0 Å². The molecule has 0 atom stereocenters. The van der Waals surface area contributed by atoms with Crippen LogP contribution in [0.2, 0.25) is 5.02 Å². The first-order valence-corrected chi connectivity index (χ1v) is 4.47. The molecule has 0 bridgehead atoms. The van der Waals surface area contributed by atoms with Gasteiger partial charge in [0.1, 0.15) is 0 Å². The number of aromatic carboxylic acids is 1. The summed E-state index contributed by atoms with van der Waals surface area (Å²) in [6.45, 7) is 3.64. The number of halogens is 1. The number of rotatable bonds is 2. The molecule has 0 radical (unpaired) electrons. The molecular formula is C9H10ClNO3. The van der Waals surface area contributed by atoms with Gasteiger partial charge >= 0.3 is 5.97 Å². The number of nitrogens with one attached hydrogen (secondary N) is 1. The Hall–Kier alpha value is -1.29. The maximum atomic E-state index is 11.1. The molecule has 1 heterocycles. The van der Waals surface area contributed by atoms with E-state index in [2.05, 4.69) is 4.98 Å². The highest BCUT2D eigenvalue weighted by molar-refractivity contribution is 6.34. The van der Waals surface area contributed by atoms with Gasteiger partial charge in [-0.15, -0.1) is 0 Å². The smallest absolute Gasteiger partial charge is 0.337 e. The number of hydrogen-bond acceptors (Lipinski definition) is 2. The Balaban J connectivity index is 3.48. The van der Waals surface area contributed by atoms with Gasteiger partial charge in [-0.3, -0.25) is 4.79 Å². The topological polar surface area (TPSA) is 70.2 Å². The van der Waals surface area contributed by atoms with Crippen molar-refractivity contribution in [1.29, 1.82) is 0 Å². The van der Waals surface area contributed by atoms with Crippen LogP contribution in [0.15, 0.2) is 10.9 Å². The number of pyridine rings is 1. The maximum absolute atomic E-state index is 11.1. The number of H-pyrrole nitrogens is 1. The Kier molecular flexibility index (Phi) is 2.96. The quantitative estimate of drug-likeness (QED) is 0.791. The predicted octanol–water partition coefficient (Wildman–Crippen LogP) is 1.85. The molecule has 1 aromatic rings. The van der Waals surface area contributed by atoms with Crippen LogP contribution in [0.3, 0.4) is 0 Å². The van der Waals surface area contributed by atoms with E-state index < -0.39 is 11.5 Å². The van der Waals surface area contributed by atoms with Crippen LogP contribution in [0.25, 0.3) is 0 Å². The molecule has 2 N–H and O–H groups in total. The van der Waals surface area contributed by atoms with E-state index in [9.17, 15) is 9.59 Å². The van der Waals surface area contributed by atoms with Crippen molar-refractivity contribution >= 4 is 17.6 Å². The number of hydrogen-bond donors (Lipinski definition) is 2. The monoisotopic (exact) mass is 215 g/mol. The average Bonchev–Trinajstić information content (AvgIpc) is 2.07. The minimum atomic E-state index is -1.19. The molecular weight excluding hydrogens is 206 g/mol. The lowest BCUT2D eigenvalue weighted by Gasteiger charge is -2.08. The van der Waals surface area contributed by atoms with Crippen LogP contribution >= 0.6 is 11.6 Å². The fourth-order valence-corrected chi connectivity index (χ4v) is 1.52. The normalized spacial score (nSPS) is 10.6. The van der Waals surface area contributed by atoms with Gasteiger partial charge in [0.2, 0.25) is 5.56 Å². The molecule has 5 heteroatoms. The highest BCUT2D eigenvalue weighted by Gasteiger charge is 2.15. The molecule has 14 heavy (non-hydrogen) atoms. The van der Waals surface area contributed by atoms with Crippen molar-refractivity contribution in [2.45, 2.75) is 19.8 Å². The molecule has 0 spiro atoms. The third-order valence-corrected chi connectivity index (χ3v) is 2.22. The van der Waals surface area contributed by atoms with Crippen molar-refractivity contribution in [3.05, 3.63) is 32.7 Å². The highest BCUT2D eigenvalue weighted by Crippen LogP contribution is 2.23. The van der Waals surface area contributed by atoms with Crippen LogP contribution in [0.4, 0.5) is 0 Å². The minimum Gasteiger partial charge on any atom is -0.478 e. The van der Waals surface area contributed by atoms with Gasteiger partial charge in [0.25, 0.3) is 0 Å². The molecule has 1 rings (SSSR count). The summed E-state index contributed by atoms with van der Waals surface area (Å²) in [7, 11) is 0. The van der Waals surface area contributed by atoms with Crippen molar-refractivity contribution in [2.24, 2.45) is 0 Å². The highest BCUT2D eigenvalue weighted by atomic mass is 35.5. The van der Waals surface area contributed by atoms with Crippen molar-refractivity contribution in [3.63, 3.8) is 0 Å². The van der Waals surface area contributed by atoms with E-state index in [0.29, 0.717) is 5.69 Å². The molecule has 76 valence electrons. The molecule has 0 saturated heterocycles. The van der Waals surface area contributed by atoms with Crippen LogP contribution < -0.4 is 5.56 Å². The largest absolute Gasteiger partial charge is 0.478 e. The van der Waals surface area contributed by atoms with E-state index in [1.54, 1.807) is 0 Å². The van der Waals surface area contributed by atoms with E-state index in [1.807, 2.05) is 13.8 Å². The van der Waals surface area contributed by atoms with Crippen molar-refractivity contribution in [3.8, 4) is 0 Å². The van der Waals surface area contributed by atoms with Crippen LogP contribution in [-0.2, 0) is 0 Å². The molecule has 0 saturated carbocycles. The van der Waals surface area contributed by atoms with Gasteiger partial charge in [0, 0.05) is 11.8 Å². The first kappa shape index (κ1) is 10.8. The zero-order valence-electron chi connectivity index (χ0n) is 7.80. The second-order valence-electron chi connectivity index (χ2n) is 3.23. The van der Waals surface area contributed by atoms with Gasteiger partial charge in [0.15, 0.2) is 0 Å². The Morgan fingerprint density at radius 1 is 1.57 bits per heavy atom. The fourth-order valence-electron chi connectivity index (χ4n) is 1.12. The Bertz CT molecular complexity index is 423. The number of aromatic amines is 1. The molecule has 0 aliphatic rings. The Morgan fingerprint density at radius 2 is 2.14 bits per heavy atom. The lowest BCUT2D eigenvalue weighted by molar-refractivity contribution is 0.0696. The van der Waals surface area contributed by atoms with Crippen molar-refractivity contribution in [2.75, 3.05) is 0 Å². The molecule has 1 aromatic heterocycles. The van der Waals surface area contributed by atoms with Gasteiger partial charge in [-0.25, -0.2) is 4.79 Å². The van der Waals surface area contributed by atoms with E-state index in [4.69, 9.17) is 16.7 Å². The summed E-state index contributed by atoms with van der Waals surface area (Å²) in [5.74, 6) is -1.21. The molecule has 0 fully saturated rings. The van der Waals surface area contributed by atoms with Crippen LogP contribution in [-0.4, -0.2) is 16.1 Å². The number of carboxylic acids is 1. The predicted molar refractivity (Wildman–Crippen MR) is 53.1 cm³/mol. The van der Waals surface area contributed by atoms with Crippen molar-refractivity contribution < 1.29 is 9.90 Å². The number of aromatic nitrogens is 1. The van der Waals surface area contributed by atoms with Gasteiger partial charge in [0.05, 0.1) is 10.6 Å². The van der Waals surface area contributed by atoms with Gasteiger partial charge in [-0.1, -0.05) is 25.4 Å². The summed E-state index contributed by atoms with van der Waals surface area (Å²) in [4.78, 5) is 24.3. The summed E-state index contributed by atoms with van der Waals surface area (Å²) in [6.07, 6.45) is 0. The van der Waals surface area contributed by atoms with Gasteiger partial charge in [-0.2, -0.15) is 0 Å². The number of carboxylic acid groups (broad SMARTS) is 1. The summed E-state index contributed by atoms with van der Waals surface area (Å²) in [6, 6.07) is 0.983. The standard InChI is InChI=1S/C9H10ClNO3/c1-4(2)8-7(10)5(9(13)14)3-6(12)11-8/h3-4H,1-2H3,(H,11,12)(H,13,14). The Labute approximate surface area is 85.5 Å². The molecule has 0 amide bonds. The lowest BCUT2D eigenvalue weighted by Crippen LogP contribution is -2.14. The Morgan fingerprint density at radius 3 is 2.57 bits per heavy atom. The molecule has 4 nitrogen and oxygen atoms in total. The molecule has 0 aliphatic heterocycles. The minimum absolute atomic E-state index is 0.0190. The van der Waals surface area contributed by atoms with Gasteiger partial charge in [-0.05, 0) is 5.92 Å². The second kappa shape index (κ2) is 3.84. The van der Waals surface area contributed by atoms with E-state index in [0.717, 1.165) is 6.07 Å². The zero-order chi connectivity index (χ0) is 10.9. The summed E-state index contributed by atoms with van der Waals surface area (Å²) in [5, 5.41) is 8.86. The van der Waals surface area contributed by atoms with Gasteiger partial charge < -0.3 is 10.1 Å². The third kappa shape index (κ3) is 1.96. The van der Waals surface area contributed by atoms with Crippen LogP contribution in [0.1, 0.15) is 35.8 Å². The van der Waals surface area contributed by atoms with Crippen LogP contribution in [0, 0.1) is 0 Å². The molecule has 0 unspecified atom stereocenters. The average molecular weight is 216 g/mol. The first-order valence-electron chi connectivity index (χ1n) is 4.09. The summed E-state index contributed by atoms with van der Waals surface area (Å²) in [5.41, 5.74) is -0.147. The fraction of sp³-hybridized carbons (Fsp3) is 0.333. The van der Waals surface area contributed by atoms with E-state index in [1.165, 1.54) is 0 Å². The van der Waals surface area contributed by atoms with Crippen molar-refractivity contribution in [1.82, 2.24) is 4.98 Å². The van der Waals surface area contributed by atoms with E-state index in [-0.39, 0.29) is 16.5 Å². The molecule has 0 aromatic carbocycles. The second-order valence-corrected chi connectivity index (χ2v) is 3.61. The summed E-state index contributed by atoms with van der Waals surface area (Å²) < 4.78 is 0. The molecule has 0 aliphatic carbocycles. The zero-order valence-corrected chi connectivity index (χ0v) is 8.55. The third-order valence-electron chi connectivity index (χ3n) is 1.81. The van der Waals surface area contributed by atoms with E-state index >= 15 is 0 Å². The first-order chi connectivity index (χ1) is 6.43. The lowest BCUT2D eigenvalue weighted by atomic mass is 10.1.